The molecule has 0 aliphatic carbocycles. The van der Waals surface area contributed by atoms with Gasteiger partial charge in [0, 0.05) is 43.6 Å². The van der Waals surface area contributed by atoms with Crippen LogP contribution in [0, 0.1) is 0 Å². The Labute approximate surface area is 129 Å². The van der Waals surface area contributed by atoms with Crippen molar-refractivity contribution in [2.24, 2.45) is 0 Å². The van der Waals surface area contributed by atoms with Gasteiger partial charge in [-0.25, -0.2) is 4.98 Å². The maximum absolute atomic E-state index is 5.76. The summed E-state index contributed by atoms with van der Waals surface area (Å²) < 4.78 is 5.76. The number of hydrogen-bond acceptors (Lipinski definition) is 4. The first kappa shape index (κ1) is 14.2. The zero-order chi connectivity index (χ0) is 14.5. The molecule has 1 N–H and O–H groups in total. The number of ether oxygens (including phenoxy) is 1. The highest BCUT2D eigenvalue weighted by molar-refractivity contribution is 6.29. The number of anilines is 1. The molecule has 0 atom stereocenters. The minimum Gasteiger partial charge on any atom is -0.489 e. The van der Waals surface area contributed by atoms with E-state index in [-0.39, 0.29) is 0 Å². The predicted octanol–water partition coefficient (Wildman–Crippen LogP) is 2.72. The number of benzene rings is 1. The molecular weight excluding hydrogens is 286 g/mol. The van der Waals surface area contributed by atoms with Gasteiger partial charge in [-0.2, -0.15) is 0 Å². The van der Waals surface area contributed by atoms with Crippen molar-refractivity contribution in [2.45, 2.75) is 6.61 Å². The second-order valence-corrected chi connectivity index (χ2v) is 5.40. The quantitative estimate of drug-likeness (QED) is 0.881. The molecule has 110 valence electrons. The van der Waals surface area contributed by atoms with Gasteiger partial charge in [-0.05, 0) is 30.3 Å². The Morgan fingerprint density at radius 2 is 1.86 bits per heavy atom. The van der Waals surface area contributed by atoms with Crippen LogP contribution < -0.4 is 15.0 Å². The Hall–Kier alpha value is -1.78. The van der Waals surface area contributed by atoms with Crippen LogP contribution in [0.15, 0.2) is 42.6 Å². The Bertz CT molecular complexity index is 565. The van der Waals surface area contributed by atoms with Gasteiger partial charge in [-0.15, -0.1) is 0 Å². The van der Waals surface area contributed by atoms with Crippen molar-refractivity contribution >= 4 is 17.3 Å². The minimum absolute atomic E-state index is 0.497. The van der Waals surface area contributed by atoms with E-state index in [0.717, 1.165) is 37.5 Å². The van der Waals surface area contributed by atoms with E-state index >= 15 is 0 Å². The van der Waals surface area contributed by atoms with Gasteiger partial charge in [0.1, 0.15) is 17.5 Å². The zero-order valence-electron chi connectivity index (χ0n) is 11.8. The third-order valence-corrected chi connectivity index (χ3v) is 3.74. The van der Waals surface area contributed by atoms with Gasteiger partial charge in [-0.3, -0.25) is 0 Å². The molecule has 4 nitrogen and oxygen atoms in total. The number of nitrogens with one attached hydrogen (secondary N) is 1. The topological polar surface area (TPSA) is 37.4 Å². The van der Waals surface area contributed by atoms with E-state index in [0.29, 0.717) is 11.8 Å². The summed E-state index contributed by atoms with van der Waals surface area (Å²) >= 11 is 5.76. The number of halogens is 1. The molecule has 0 radical (unpaired) electrons. The lowest BCUT2D eigenvalue weighted by Gasteiger charge is -2.29. The monoisotopic (exact) mass is 303 g/mol. The van der Waals surface area contributed by atoms with Crippen LogP contribution in [0.3, 0.4) is 0 Å². The van der Waals surface area contributed by atoms with Crippen molar-refractivity contribution in [3.05, 3.63) is 53.3 Å². The van der Waals surface area contributed by atoms with Gasteiger partial charge in [0.15, 0.2) is 0 Å². The van der Waals surface area contributed by atoms with Crippen molar-refractivity contribution < 1.29 is 4.74 Å². The predicted molar refractivity (Wildman–Crippen MR) is 85.1 cm³/mol. The third kappa shape index (κ3) is 3.86. The molecule has 1 saturated heterocycles. The highest BCUT2D eigenvalue weighted by Crippen LogP contribution is 2.20. The van der Waals surface area contributed by atoms with E-state index < -0.39 is 0 Å². The molecule has 3 rings (SSSR count). The maximum atomic E-state index is 5.76. The summed E-state index contributed by atoms with van der Waals surface area (Å²) in [7, 11) is 0. The molecule has 1 aromatic carbocycles. The molecule has 2 heterocycles. The van der Waals surface area contributed by atoms with Crippen LogP contribution in [-0.2, 0) is 6.61 Å². The molecule has 1 fully saturated rings. The van der Waals surface area contributed by atoms with Gasteiger partial charge in [-0.1, -0.05) is 17.7 Å². The molecule has 0 spiro atoms. The number of aromatic nitrogens is 1. The fourth-order valence-corrected chi connectivity index (χ4v) is 2.45. The third-order valence-electron chi connectivity index (χ3n) is 3.51. The Morgan fingerprint density at radius 3 is 2.52 bits per heavy atom. The summed E-state index contributed by atoms with van der Waals surface area (Å²) in [6, 6.07) is 11.9. The molecule has 0 saturated carbocycles. The van der Waals surface area contributed by atoms with Crippen molar-refractivity contribution in [3.8, 4) is 5.75 Å². The van der Waals surface area contributed by atoms with E-state index in [1.807, 2.05) is 18.2 Å². The van der Waals surface area contributed by atoms with Crippen molar-refractivity contribution in [2.75, 3.05) is 31.1 Å². The molecule has 1 aliphatic rings. The van der Waals surface area contributed by atoms with Gasteiger partial charge in [0.25, 0.3) is 0 Å². The van der Waals surface area contributed by atoms with E-state index in [9.17, 15) is 0 Å². The van der Waals surface area contributed by atoms with Crippen LogP contribution in [0.5, 0.6) is 5.75 Å². The molecular formula is C16H18ClN3O. The smallest absolute Gasteiger partial charge is 0.129 e. The molecule has 2 aromatic rings. The van der Waals surface area contributed by atoms with Crippen LogP contribution in [-0.4, -0.2) is 31.2 Å². The number of rotatable bonds is 4. The minimum atomic E-state index is 0.497. The highest BCUT2D eigenvalue weighted by Gasteiger charge is 2.10. The lowest BCUT2D eigenvalue weighted by Crippen LogP contribution is -2.43. The van der Waals surface area contributed by atoms with Gasteiger partial charge in [0.05, 0.1) is 0 Å². The first-order chi connectivity index (χ1) is 10.3. The van der Waals surface area contributed by atoms with E-state index in [4.69, 9.17) is 16.3 Å². The van der Waals surface area contributed by atoms with Crippen molar-refractivity contribution in [1.82, 2.24) is 10.3 Å². The average Bonchev–Trinajstić information content (AvgIpc) is 2.56. The summed E-state index contributed by atoms with van der Waals surface area (Å²) in [6.07, 6.45) is 1.73. The fourth-order valence-electron chi connectivity index (χ4n) is 2.33. The average molecular weight is 304 g/mol. The molecule has 1 aliphatic heterocycles. The second-order valence-electron chi connectivity index (χ2n) is 5.01. The largest absolute Gasteiger partial charge is 0.489 e. The first-order valence-corrected chi connectivity index (χ1v) is 7.48. The summed E-state index contributed by atoms with van der Waals surface area (Å²) in [5.41, 5.74) is 2.25. The molecule has 0 unspecified atom stereocenters. The Morgan fingerprint density at radius 1 is 1.10 bits per heavy atom. The number of nitrogens with zero attached hydrogens (tertiary/aromatic N) is 2. The van der Waals surface area contributed by atoms with Crippen LogP contribution in [0.1, 0.15) is 5.56 Å². The Balaban J connectivity index is 1.57. The van der Waals surface area contributed by atoms with Crippen LogP contribution in [0.25, 0.3) is 0 Å². The molecule has 5 heteroatoms. The lowest BCUT2D eigenvalue weighted by atomic mass is 10.2. The SMILES string of the molecule is Clc1ccc(COc2ccc(N3CCNCC3)cc2)cn1. The summed E-state index contributed by atoms with van der Waals surface area (Å²) in [4.78, 5) is 6.42. The molecule has 0 amide bonds. The van der Waals surface area contributed by atoms with Gasteiger partial charge < -0.3 is 15.0 Å². The van der Waals surface area contributed by atoms with Crippen LogP contribution in [0.2, 0.25) is 5.15 Å². The molecule has 1 aromatic heterocycles. The molecule has 21 heavy (non-hydrogen) atoms. The van der Waals surface area contributed by atoms with Crippen LogP contribution in [0.4, 0.5) is 5.69 Å². The second kappa shape index (κ2) is 6.78. The number of hydrogen-bond donors (Lipinski definition) is 1. The number of piperazine rings is 1. The maximum Gasteiger partial charge on any atom is 0.129 e. The van der Waals surface area contributed by atoms with Crippen molar-refractivity contribution in [3.63, 3.8) is 0 Å². The highest BCUT2D eigenvalue weighted by atomic mass is 35.5. The lowest BCUT2D eigenvalue weighted by molar-refractivity contribution is 0.306. The summed E-state index contributed by atoms with van der Waals surface area (Å²) in [5.74, 6) is 0.865. The van der Waals surface area contributed by atoms with Gasteiger partial charge in [0.2, 0.25) is 0 Å². The fraction of sp³-hybridized carbons (Fsp3) is 0.312. The standard InChI is InChI=1S/C16H18ClN3O/c17-16-6-1-13(11-19-16)12-21-15-4-2-14(3-5-15)20-9-7-18-8-10-20/h1-6,11,18H,7-10,12H2. The van der Waals surface area contributed by atoms with E-state index in [1.54, 1.807) is 12.3 Å². The summed E-state index contributed by atoms with van der Waals surface area (Å²) in [6.45, 7) is 4.69. The summed E-state index contributed by atoms with van der Waals surface area (Å²) in [5, 5.41) is 3.86. The van der Waals surface area contributed by atoms with E-state index in [2.05, 4.69) is 27.3 Å². The van der Waals surface area contributed by atoms with Crippen LogP contribution >= 0.6 is 11.6 Å². The van der Waals surface area contributed by atoms with Gasteiger partial charge >= 0.3 is 0 Å². The first-order valence-electron chi connectivity index (χ1n) is 7.10. The number of pyridine rings is 1. The van der Waals surface area contributed by atoms with Crippen molar-refractivity contribution in [1.29, 1.82) is 0 Å². The molecule has 0 bridgehead atoms. The normalized spacial score (nSPS) is 15.0. The van der Waals surface area contributed by atoms with E-state index in [1.165, 1.54) is 5.69 Å². The Kier molecular flexibility index (Phi) is 4.58. The zero-order valence-corrected chi connectivity index (χ0v) is 12.5.